The van der Waals surface area contributed by atoms with E-state index in [2.05, 4.69) is 84.9 Å². The van der Waals surface area contributed by atoms with Gasteiger partial charge in [0.05, 0.1) is 0 Å². The Kier molecular flexibility index (Phi) is 6.42. The number of hydrogen-bond donors (Lipinski definition) is 0. The molecule has 0 saturated carbocycles. The lowest BCUT2D eigenvalue weighted by atomic mass is 9.97. The lowest BCUT2D eigenvalue weighted by molar-refractivity contribution is 0.669. The van der Waals surface area contributed by atoms with Gasteiger partial charge in [-0.15, -0.1) is 0 Å². The van der Waals surface area contributed by atoms with Gasteiger partial charge in [-0.05, 0) is 29.3 Å². The fourth-order valence-corrected chi connectivity index (χ4v) is 6.91. The first-order valence-corrected chi connectivity index (χ1v) is 16.6. The van der Waals surface area contributed by atoms with Gasteiger partial charge in [0.1, 0.15) is 22.3 Å². The van der Waals surface area contributed by atoms with Gasteiger partial charge in [-0.1, -0.05) is 146 Å². The van der Waals surface area contributed by atoms with Gasteiger partial charge in [-0.2, -0.15) is 0 Å². The van der Waals surface area contributed by atoms with E-state index in [-0.39, 0.29) is 0 Å². The van der Waals surface area contributed by atoms with Crippen LogP contribution < -0.4 is 0 Å². The summed E-state index contributed by atoms with van der Waals surface area (Å²) in [6.07, 6.45) is 0. The number of para-hydroxylation sites is 3. The van der Waals surface area contributed by atoms with Crippen molar-refractivity contribution in [1.29, 1.82) is 0 Å². The molecular formula is C45H27N3O2. The van der Waals surface area contributed by atoms with Crippen molar-refractivity contribution in [1.82, 2.24) is 15.0 Å². The molecule has 3 aromatic heterocycles. The molecule has 0 saturated heterocycles. The van der Waals surface area contributed by atoms with E-state index in [1.54, 1.807) is 0 Å². The molecule has 0 aliphatic rings. The molecule has 0 N–H and O–H groups in total. The zero-order valence-corrected chi connectivity index (χ0v) is 26.7. The molecule has 0 bridgehead atoms. The van der Waals surface area contributed by atoms with Crippen molar-refractivity contribution in [3.63, 3.8) is 0 Å². The standard InChI is InChI=1S/C45H27N3O2/c1-3-11-30(12-4-1)43-46-44(31-13-5-2-6-14-31)48-45(47-43)32-25-26-36-38-19-10-17-34(42(38)50-40(36)27-32)29-23-21-28(22-24-29)33-16-9-18-37-35-15-7-8-20-39(35)49-41(33)37/h1-27H. The average molecular weight is 642 g/mol. The molecule has 0 spiro atoms. The Bertz CT molecular complexity index is 2800. The maximum Gasteiger partial charge on any atom is 0.164 e. The van der Waals surface area contributed by atoms with Crippen LogP contribution in [-0.2, 0) is 0 Å². The molecule has 234 valence electrons. The SMILES string of the molecule is c1ccc(-c2nc(-c3ccccc3)nc(-c3ccc4c(c3)oc3c(-c5ccc(-c6cccc7c6oc6ccccc67)cc5)cccc34)n2)cc1. The summed E-state index contributed by atoms with van der Waals surface area (Å²) in [5.74, 6) is 1.85. The second-order valence-corrected chi connectivity index (χ2v) is 12.4. The molecule has 0 aliphatic heterocycles. The zero-order valence-electron chi connectivity index (χ0n) is 26.7. The molecule has 0 atom stereocenters. The summed E-state index contributed by atoms with van der Waals surface area (Å²) in [6, 6.07) is 55.7. The van der Waals surface area contributed by atoms with E-state index in [9.17, 15) is 0 Å². The number of aromatic nitrogens is 3. The summed E-state index contributed by atoms with van der Waals surface area (Å²) >= 11 is 0. The Balaban J connectivity index is 1.05. The van der Waals surface area contributed by atoms with Gasteiger partial charge in [0.2, 0.25) is 0 Å². The van der Waals surface area contributed by atoms with Crippen molar-refractivity contribution < 1.29 is 8.83 Å². The fraction of sp³-hybridized carbons (Fsp3) is 0. The van der Waals surface area contributed by atoms with Crippen molar-refractivity contribution in [2.45, 2.75) is 0 Å². The second-order valence-electron chi connectivity index (χ2n) is 12.4. The zero-order chi connectivity index (χ0) is 33.0. The Labute approximate surface area is 287 Å². The Hall–Kier alpha value is -6.85. The molecular weight excluding hydrogens is 615 g/mol. The number of benzene rings is 7. The van der Waals surface area contributed by atoms with Crippen molar-refractivity contribution in [2.75, 3.05) is 0 Å². The van der Waals surface area contributed by atoms with Gasteiger partial charge in [-0.25, -0.2) is 15.0 Å². The molecule has 10 rings (SSSR count). The molecule has 50 heavy (non-hydrogen) atoms. The number of hydrogen-bond acceptors (Lipinski definition) is 5. The Morgan fingerprint density at radius 3 is 1.32 bits per heavy atom. The van der Waals surface area contributed by atoms with Gasteiger partial charge in [-0.3, -0.25) is 0 Å². The normalized spacial score (nSPS) is 11.6. The first kappa shape index (κ1) is 28.2. The minimum absolute atomic E-state index is 0.593. The van der Waals surface area contributed by atoms with Crippen LogP contribution in [0.15, 0.2) is 173 Å². The van der Waals surface area contributed by atoms with Gasteiger partial charge in [0.25, 0.3) is 0 Å². The minimum atomic E-state index is 0.593. The van der Waals surface area contributed by atoms with Crippen molar-refractivity contribution in [3.05, 3.63) is 164 Å². The fourth-order valence-electron chi connectivity index (χ4n) is 6.91. The molecule has 5 nitrogen and oxygen atoms in total. The third-order valence-corrected chi connectivity index (χ3v) is 9.37. The predicted octanol–water partition coefficient (Wildman–Crippen LogP) is 12.0. The maximum atomic E-state index is 6.65. The molecule has 0 unspecified atom stereocenters. The first-order valence-electron chi connectivity index (χ1n) is 16.6. The van der Waals surface area contributed by atoms with E-state index < -0.39 is 0 Å². The van der Waals surface area contributed by atoms with Crippen LogP contribution in [0.3, 0.4) is 0 Å². The lowest BCUT2D eigenvalue weighted by Gasteiger charge is -2.08. The highest BCUT2D eigenvalue weighted by molar-refractivity contribution is 6.11. The topological polar surface area (TPSA) is 65.0 Å². The summed E-state index contributed by atoms with van der Waals surface area (Å²) in [7, 11) is 0. The number of rotatable bonds is 5. The summed E-state index contributed by atoms with van der Waals surface area (Å²) in [5.41, 5.74) is 10.4. The average Bonchev–Trinajstić information content (AvgIpc) is 3.77. The minimum Gasteiger partial charge on any atom is -0.455 e. The lowest BCUT2D eigenvalue weighted by Crippen LogP contribution is -2.00. The molecule has 10 aromatic rings. The number of fused-ring (bicyclic) bond motifs is 6. The van der Waals surface area contributed by atoms with E-state index in [4.69, 9.17) is 23.8 Å². The van der Waals surface area contributed by atoms with E-state index in [0.29, 0.717) is 17.5 Å². The van der Waals surface area contributed by atoms with Crippen molar-refractivity contribution in [2.24, 2.45) is 0 Å². The summed E-state index contributed by atoms with van der Waals surface area (Å²) in [6.45, 7) is 0. The molecule has 5 heteroatoms. The van der Waals surface area contributed by atoms with Crippen LogP contribution in [0.2, 0.25) is 0 Å². The van der Waals surface area contributed by atoms with Crippen LogP contribution in [0.4, 0.5) is 0 Å². The largest absolute Gasteiger partial charge is 0.455 e. The highest BCUT2D eigenvalue weighted by Crippen LogP contribution is 2.40. The second kappa shape index (κ2) is 11.4. The molecule has 0 radical (unpaired) electrons. The van der Waals surface area contributed by atoms with Gasteiger partial charge in [0, 0.05) is 49.4 Å². The summed E-state index contributed by atoms with van der Waals surface area (Å²) in [5, 5.41) is 4.35. The molecule has 3 heterocycles. The van der Waals surface area contributed by atoms with Crippen molar-refractivity contribution in [3.8, 4) is 56.4 Å². The monoisotopic (exact) mass is 641 g/mol. The maximum absolute atomic E-state index is 6.65. The van der Waals surface area contributed by atoms with Crippen LogP contribution in [-0.4, -0.2) is 15.0 Å². The van der Waals surface area contributed by atoms with Crippen LogP contribution in [0.5, 0.6) is 0 Å². The van der Waals surface area contributed by atoms with Crippen LogP contribution in [0, 0.1) is 0 Å². The number of furan rings is 2. The highest BCUT2D eigenvalue weighted by atomic mass is 16.3. The quantitative estimate of drug-likeness (QED) is 0.187. The van der Waals surface area contributed by atoms with Gasteiger partial charge >= 0.3 is 0 Å². The van der Waals surface area contributed by atoms with E-state index in [1.165, 1.54) is 0 Å². The van der Waals surface area contributed by atoms with E-state index in [1.807, 2.05) is 78.9 Å². The van der Waals surface area contributed by atoms with E-state index >= 15 is 0 Å². The predicted molar refractivity (Wildman–Crippen MR) is 202 cm³/mol. The Morgan fingerprint density at radius 1 is 0.300 bits per heavy atom. The van der Waals surface area contributed by atoms with Crippen molar-refractivity contribution >= 4 is 43.9 Å². The molecule has 0 fully saturated rings. The smallest absolute Gasteiger partial charge is 0.164 e. The van der Waals surface area contributed by atoms with Crippen LogP contribution in [0.1, 0.15) is 0 Å². The van der Waals surface area contributed by atoms with Crippen LogP contribution >= 0.6 is 0 Å². The summed E-state index contributed by atoms with van der Waals surface area (Å²) < 4.78 is 13.0. The number of nitrogens with zero attached hydrogens (tertiary/aromatic N) is 3. The molecule has 0 amide bonds. The Morgan fingerprint density at radius 2 is 0.740 bits per heavy atom. The molecule has 7 aromatic carbocycles. The first-order chi connectivity index (χ1) is 24.8. The summed E-state index contributed by atoms with van der Waals surface area (Å²) in [4.78, 5) is 14.7. The van der Waals surface area contributed by atoms with Gasteiger partial charge in [0.15, 0.2) is 17.5 Å². The third kappa shape index (κ3) is 4.67. The van der Waals surface area contributed by atoms with Gasteiger partial charge < -0.3 is 8.83 Å². The molecule has 0 aliphatic carbocycles. The highest BCUT2D eigenvalue weighted by Gasteiger charge is 2.17. The third-order valence-electron chi connectivity index (χ3n) is 9.37. The van der Waals surface area contributed by atoms with Crippen LogP contribution in [0.25, 0.3) is 100 Å². The van der Waals surface area contributed by atoms with E-state index in [0.717, 1.165) is 82.8 Å².